The Labute approximate surface area is 114 Å². The lowest BCUT2D eigenvalue weighted by atomic mass is 10.3. The lowest BCUT2D eigenvalue weighted by Gasteiger charge is -1.93. The number of nitrogens with one attached hydrogen (secondary N) is 1. The first-order valence-electron chi connectivity index (χ1n) is 5.45. The molecule has 19 heavy (non-hydrogen) atoms. The van der Waals surface area contributed by atoms with Crippen molar-refractivity contribution in [2.45, 2.75) is 6.92 Å². The SMILES string of the molecule is COC(=O)c1sc(NN=Cc2cccnc2)nc1C. The van der Waals surface area contributed by atoms with Crippen molar-refractivity contribution in [3.63, 3.8) is 0 Å². The number of aryl methyl sites for hydroxylation is 1. The molecule has 0 fully saturated rings. The molecule has 0 aliphatic heterocycles. The van der Waals surface area contributed by atoms with E-state index in [4.69, 9.17) is 0 Å². The van der Waals surface area contributed by atoms with Crippen molar-refractivity contribution >= 4 is 28.7 Å². The van der Waals surface area contributed by atoms with Crippen LogP contribution in [0, 0.1) is 6.92 Å². The predicted octanol–water partition coefficient (Wildman–Crippen LogP) is 2.08. The molecule has 2 heterocycles. The zero-order valence-electron chi connectivity index (χ0n) is 10.5. The van der Waals surface area contributed by atoms with E-state index in [0.717, 1.165) is 5.56 Å². The molecular formula is C12H12N4O2S. The maximum Gasteiger partial charge on any atom is 0.350 e. The summed E-state index contributed by atoms with van der Waals surface area (Å²) >= 11 is 1.20. The summed E-state index contributed by atoms with van der Waals surface area (Å²) in [5.41, 5.74) is 4.27. The molecule has 0 amide bonds. The van der Waals surface area contributed by atoms with Crippen molar-refractivity contribution in [2.75, 3.05) is 12.5 Å². The Morgan fingerprint density at radius 2 is 2.42 bits per heavy atom. The van der Waals surface area contributed by atoms with Gasteiger partial charge in [-0.2, -0.15) is 5.10 Å². The molecule has 0 saturated heterocycles. The Morgan fingerprint density at radius 3 is 3.11 bits per heavy atom. The van der Waals surface area contributed by atoms with Crippen molar-refractivity contribution < 1.29 is 9.53 Å². The number of ether oxygens (including phenoxy) is 1. The Hall–Kier alpha value is -2.28. The molecule has 2 aromatic heterocycles. The quantitative estimate of drug-likeness (QED) is 0.525. The highest BCUT2D eigenvalue weighted by Gasteiger charge is 2.15. The van der Waals surface area contributed by atoms with E-state index in [9.17, 15) is 4.79 Å². The molecule has 7 heteroatoms. The van der Waals surface area contributed by atoms with Crippen LogP contribution in [-0.4, -0.2) is 29.3 Å². The van der Waals surface area contributed by atoms with Gasteiger partial charge in [-0.15, -0.1) is 0 Å². The van der Waals surface area contributed by atoms with Crippen molar-refractivity contribution in [3.8, 4) is 0 Å². The van der Waals surface area contributed by atoms with E-state index in [0.29, 0.717) is 15.7 Å². The summed E-state index contributed by atoms with van der Waals surface area (Å²) < 4.78 is 4.66. The fraction of sp³-hybridized carbons (Fsp3) is 0.167. The van der Waals surface area contributed by atoms with Crippen molar-refractivity contribution in [2.24, 2.45) is 5.10 Å². The van der Waals surface area contributed by atoms with Gasteiger partial charge in [0.05, 0.1) is 19.0 Å². The maximum atomic E-state index is 11.4. The summed E-state index contributed by atoms with van der Waals surface area (Å²) in [4.78, 5) is 20.0. The normalized spacial score (nSPS) is 10.6. The van der Waals surface area contributed by atoms with Gasteiger partial charge in [0.2, 0.25) is 5.13 Å². The van der Waals surface area contributed by atoms with Crippen LogP contribution in [0.2, 0.25) is 0 Å². The van der Waals surface area contributed by atoms with Gasteiger partial charge in [0.25, 0.3) is 0 Å². The number of hydrazone groups is 1. The van der Waals surface area contributed by atoms with Crippen LogP contribution in [0.1, 0.15) is 20.9 Å². The molecule has 0 aliphatic rings. The number of esters is 1. The number of nitrogens with zero attached hydrogens (tertiary/aromatic N) is 3. The monoisotopic (exact) mass is 276 g/mol. The van der Waals surface area contributed by atoms with Crippen LogP contribution in [0.5, 0.6) is 0 Å². The number of methoxy groups -OCH3 is 1. The third kappa shape index (κ3) is 3.35. The Kier molecular flexibility index (Phi) is 4.19. The van der Waals surface area contributed by atoms with Gasteiger partial charge >= 0.3 is 5.97 Å². The molecule has 2 rings (SSSR count). The molecule has 0 atom stereocenters. The van der Waals surface area contributed by atoms with E-state index >= 15 is 0 Å². The number of hydrogen-bond acceptors (Lipinski definition) is 7. The van der Waals surface area contributed by atoms with E-state index < -0.39 is 0 Å². The van der Waals surface area contributed by atoms with Crippen molar-refractivity contribution in [1.29, 1.82) is 0 Å². The van der Waals surface area contributed by atoms with Crippen LogP contribution in [0.4, 0.5) is 5.13 Å². The lowest BCUT2D eigenvalue weighted by Crippen LogP contribution is -1.99. The summed E-state index contributed by atoms with van der Waals surface area (Å²) in [6.45, 7) is 1.75. The molecule has 0 aromatic carbocycles. The number of thiazole rings is 1. The lowest BCUT2D eigenvalue weighted by molar-refractivity contribution is 0.0605. The van der Waals surface area contributed by atoms with E-state index in [1.54, 1.807) is 25.5 Å². The molecule has 0 radical (unpaired) electrons. The molecule has 0 spiro atoms. The maximum absolute atomic E-state index is 11.4. The van der Waals surface area contributed by atoms with Crippen LogP contribution in [0.15, 0.2) is 29.6 Å². The van der Waals surface area contributed by atoms with Crippen LogP contribution < -0.4 is 5.43 Å². The Balaban J connectivity index is 2.04. The molecule has 0 saturated carbocycles. The Morgan fingerprint density at radius 1 is 1.58 bits per heavy atom. The summed E-state index contributed by atoms with van der Waals surface area (Å²) in [5.74, 6) is -0.390. The summed E-state index contributed by atoms with van der Waals surface area (Å²) in [7, 11) is 1.34. The van der Waals surface area contributed by atoms with Gasteiger partial charge in [0.15, 0.2) is 0 Å². The minimum atomic E-state index is -0.390. The van der Waals surface area contributed by atoms with Gasteiger partial charge in [0, 0.05) is 18.0 Å². The summed E-state index contributed by atoms with van der Waals surface area (Å²) in [6.07, 6.45) is 5.01. The Bertz CT molecular complexity index is 595. The molecule has 1 N–H and O–H groups in total. The zero-order valence-corrected chi connectivity index (χ0v) is 11.3. The van der Waals surface area contributed by atoms with Crippen molar-refractivity contribution in [3.05, 3.63) is 40.7 Å². The first-order chi connectivity index (χ1) is 9.20. The summed E-state index contributed by atoms with van der Waals surface area (Å²) in [6, 6.07) is 3.70. The van der Waals surface area contributed by atoms with Gasteiger partial charge in [-0.3, -0.25) is 10.4 Å². The molecule has 0 bridgehead atoms. The number of carbonyl (C=O) groups excluding carboxylic acids is 1. The van der Waals surface area contributed by atoms with Crippen LogP contribution >= 0.6 is 11.3 Å². The van der Waals surface area contributed by atoms with E-state index in [2.05, 4.69) is 25.2 Å². The fourth-order valence-electron chi connectivity index (χ4n) is 1.34. The topological polar surface area (TPSA) is 76.5 Å². The third-order valence-corrected chi connectivity index (χ3v) is 3.27. The highest BCUT2D eigenvalue weighted by atomic mass is 32.1. The van der Waals surface area contributed by atoms with E-state index in [-0.39, 0.29) is 5.97 Å². The highest BCUT2D eigenvalue weighted by molar-refractivity contribution is 7.17. The average molecular weight is 276 g/mol. The standard InChI is InChI=1S/C12H12N4O2S/c1-8-10(11(17)18-2)19-12(15-8)16-14-7-9-4-3-5-13-6-9/h3-7H,1-2H3,(H,15,16). The second-order valence-electron chi connectivity index (χ2n) is 3.58. The highest BCUT2D eigenvalue weighted by Crippen LogP contribution is 2.23. The van der Waals surface area contributed by atoms with Crippen molar-refractivity contribution in [1.82, 2.24) is 9.97 Å². The largest absolute Gasteiger partial charge is 0.465 e. The molecular weight excluding hydrogens is 264 g/mol. The predicted molar refractivity (Wildman–Crippen MR) is 73.6 cm³/mol. The number of rotatable bonds is 4. The smallest absolute Gasteiger partial charge is 0.350 e. The second kappa shape index (κ2) is 6.05. The van der Waals surface area contributed by atoms with Gasteiger partial charge in [0.1, 0.15) is 4.88 Å². The van der Waals surface area contributed by atoms with Crippen LogP contribution in [0.3, 0.4) is 0 Å². The number of hydrogen-bond donors (Lipinski definition) is 1. The number of anilines is 1. The molecule has 0 unspecified atom stereocenters. The van der Waals surface area contributed by atoms with Gasteiger partial charge in [-0.05, 0) is 13.0 Å². The van der Waals surface area contributed by atoms with E-state index in [1.165, 1.54) is 18.4 Å². The zero-order chi connectivity index (χ0) is 13.7. The summed E-state index contributed by atoms with van der Waals surface area (Å²) in [5, 5.41) is 4.57. The van der Waals surface area contributed by atoms with Gasteiger partial charge in [-0.1, -0.05) is 17.4 Å². The molecule has 98 valence electrons. The van der Waals surface area contributed by atoms with Crippen LogP contribution in [-0.2, 0) is 4.74 Å². The first-order valence-corrected chi connectivity index (χ1v) is 6.27. The molecule has 0 aliphatic carbocycles. The molecule has 6 nitrogen and oxygen atoms in total. The van der Waals surface area contributed by atoms with Gasteiger partial charge < -0.3 is 4.74 Å². The third-order valence-electron chi connectivity index (χ3n) is 2.23. The number of carbonyl (C=O) groups is 1. The van der Waals surface area contributed by atoms with Crippen LogP contribution in [0.25, 0.3) is 0 Å². The minimum Gasteiger partial charge on any atom is -0.465 e. The number of aromatic nitrogens is 2. The molecule has 2 aromatic rings. The number of pyridine rings is 1. The second-order valence-corrected chi connectivity index (χ2v) is 4.58. The van der Waals surface area contributed by atoms with E-state index in [1.807, 2.05) is 12.1 Å². The fourth-order valence-corrected chi connectivity index (χ4v) is 2.17. The average Bonchev–Trinajstić information content (AvgIpc) is 2.80. The van der Waals surface area contributed by atoms with Gasteiger partial charge in [-0.25, -0.2) is 9.78 Å². The first kappa shape index (κ1) is 13.2. The minimum absolute atomic E-state index is 0.390.